The Labute approximate surface area is 162 Å². The fourth-order valence-electron chi connectivity index (χ4n) is 3.50. The summed E-state index contributed by atoms with van der Waals surface area (Å²) in [6.07, 6.45) is 0. The zero-order valence-corrected chi connectivity index (χ0v) is 16.0. The van der Waals surface area contributed by atoms with Gasteiger partial charge in [0.1, 0.15) is 38.4 Å². The van der Waals surface area contributed by atoms with Crippen LogP contribution in [0.3, 0.4) is 0 Å². The number of halogens is 1. The van der Waals surface area contributed by atoms with Crippen molar-refractivity contribution in [2.45, 2.75) is 0 Å². The van der Waals surface area contributed by atoms with Gasteiger partial charge in [-0.1, -0.05) is 11.6 Å². The summed E-state index contributed by atoms with van der Waals surface area (Å²) in [5.41, 5.74) is 1.30. The average molecular weight is 397 g/mol. The number of nitrogens with one attached hydrogen (secondary N) is 4. The smallest absolute Gasteiger partial charge is 0.356 e. The second-order valence-electron chi connectivity index (χ2n) is 6.76. The van der Waals surface area contributed by atoms with Crippen LogP contribution in [0.2, 0.25) is 5.02 Å². The minimum atomic E-state index is -0.550. The van der Waals surface area contributed by atoms with Crippen molar-refractivity contribution in [1.29, 1.82) is 0 Å². The Morgan fingerprint density at radius 2 is 1.96 bits per heavy atom. The molecule has 0 spiro atoms. The highest BCUT2D eigenvalue weighted by molar-refractivity contribution is 6.31. The first-order valence-electron chi connectivity index (χ1n) is 8.99. The van der Waals surface area contributed by atoms with Crippen molar-refractivity contribution in [1.82, 2.24) is 4.98 Å². The predicted molar refractivity (Wildman–Crippen MR) is 101 cm³/mol. The molecule has 1 aromatic heterocycles. The highest BCUT2D eigenvalue weighted by Gasteiger charge is 2.26. The minimum Gasteiger partial charge on any atom is -0.464 e. The molecule has 1 aliphatic heterocycles. The van der Waals surface area contributed by atoms with E-state index in [-0.39, 0.29) is 18.2 Å². The highest BCUT2D eigenvalue weighted by Crippen LogP contribution is 2.30. The Kier molecular flexibility index (Phi) is 6.33. The van der Waals surface area contributed by atoms with E-state index in [1.54, 1.807) is 18.2 Å². The first-order chi connectivity index (χ1) is 13.0. The number of amides is 1. The number of benzene rings is 1. The number of quaternary nitrogens is 2. The van der Waals surface area contributed by atoms with Gasteiger partial charge in [-0.3, -0.25) is 4.79 Å². The molecule has 0 radical (unpaired) electrons. The van der Waals surface area contributed by atoms with Crippen LogP contribution in [0, 0.1) is 0 Å². The molecule has 146 valence electrons. The fourth-order valence-corrected chi connectivity index (χ4v) is 3.67. The molecule has 0 bridgehead atoms. The molecule has 3 rings (SSSR count). The number of hydrogen-bond donors (Lipinski definition) is 5. The van der Waals surface area contributed by atoms with Crippen LogP contribution in [0.1, 0.15) is 10.5 Å². The highest BCUT2D eigenvalue weighted by atomic mass is 35.5. The number of rotatable bonds is 6. The van der Waals surface area contributed by atoms with Gasteiger partial charge in [0.2, 0.25) is 0 Å². The number of aromatic amines is 1. The molecule has 1 saturated heterocycles. The molecule has 2 heterocycles. The molecule has 8 nitrogen and oxygen atoms in total. The van der Waals surface area contributed by atoms with Crippen molar-refractivity contribution in [2.24, 2.45) is 0 Å². The zero-order chi connectivity index (χ0) is 19.4. The number of esters is 1. The Bertz CT molecular complexity index is 830. The topological polar surface area (TPSA) is 100 Å². The molecular weight excluding hydrogens is 372 g/mol. The molecular formula is C18H25ClN4O4+2. The maximum atomic E-state index is 12.6. The summed E-state index contributed by atoms with van der Waals surface area (Å²) in [6.45, 7) is 4.85. The van der Waals surface area contributed by atoms with E-state index < -0.39 is 5.97 Å². The van der Waals surface area contributed by atoms with Gasteiger partial charge in [-0.15, -0.1) is 0 Å². The van der Waals surface area contributed by atoms with Crippen molar-refractivity contribution < 1.29 is 29.2 Å². The van der Waals surface area contributed by atoms with Gasteiger partial charge >= 0.3 is 5.97 Å². The van der Waals surface area contributed by atoms with Crippen LogP contribution in [0.4, 0.5) is 5.69 Å². The van der Waals surface area contributed by atoms with Gasteiger partial charge in [0.05, 0.1) is 19.4 Å². The Hall–Kier alpha value is -2.13. The number of carbonyl (C=O) groups is 2. The van der Waals surface area contributed by atoms with E-state index in [2.05, 4.69) is 10.3 Å². The van der Waals surface area contributed by atoms with Crippen LogP contribution in [-0.2, 0) is 9.53 Å². The van der Waals surface area contributed by atoms with Gasteiger partial charge in [-0.05, 0) is 18.2 Å². The number of anilines is 1. The van der Waals surface area contributed by atoms with Crippen LogP contribution in [0.5, 0.6) is 0 Å². The number of ether oxygens (including phenoxy) is 1. The fraction of sp³-hybridized carbons (Fsp3) is 0.444. The lowest BCUT2D eigenvalue weighted by molar-refractivity contribution is -1.01. The minimum absolute atomic E-state index is 0.165. The normalized spacial score (nSPS) is 19.8. The summed E-state index contributed by atoms with van der Waals surface area (Å²) in [6, 6.07) is 5.18. The number of methoxy groups -OCH3 is 1. The van der Waals surface area contributed by atoms with E-state index in [1.165, 1.54) is 16.9 Å². The van der Waals surface area contributed by atoms with Crippen LogP contribution in [0.25, 0.3) is 10.9 Å². The SMILES string of the molecule is COC(=O)c1[nH]c2ccc(Cl)cc2c1NC(=O)C[NH+]1CC[NH+](CCO)CC1. The standard InChI is InChI=1S/C18H23ClN4O4/c1-27-18(26)17-16(13-10-12(19)2-3-14(13)20-17)21-15(25)11-23-6-4-22(5-7-23)8-9-24/h2-3,10,20,24H,4-9,11H2,1H3,(H,21,25)/p+2. The van der Waals surface area contributed by atoms with Crippen molar-refractivity contribution in [2.75, 3.05) is 58.3 Å². The molecule has 0 unspecified atom stereocenters. The van der Waals surface area contributed by atoms with Gasteiger partial charge in [0.25, 0.3) is 5.91 Å². The number of aliphatic hydroxyl groups is 1. The van der Waals surface area contributed by atoms with Crippen molar-refractivity contribution >= 4 is 40.1 Å². The van der Waals surface area contributed by atoms with Crippen molar-refractivity contribution in [3.8, 4) is 0 Å². The van der Waals surface area contributed by atoms with Gasteiger partial charge < -0.3 is 29.9 Å². The first kappa shape index (κ1) is 19.6. The molecule has 1 aromatic carbocycles. The molecule has 2 aromatic rings. The Morgan fingerprint density at radius 1 is 1.26 bits per heavy atom. The van der Waals surface area contributed by atoms with Crippen LogP contribution in [-0.4, -0.2) is 75.0 Å². The maximum Gasteiger partial charge on any atom is 0.356 e. The number of aromatic nitrogens is 1. The molecule has 0 aliphatic carbocycles. The Balaban J connectivity index is 1.72. The molecule has 1 aliphatic rings. The average Bonchev–Trinajstić information content (AvgIpc) is 3.00. The third-order valence-corrected chi connectivity index (χ3v) is 5.19. The summed E-state index contributed by atoms with van der Waals surface area (Å²) in [4.78, 5) is 30.2. The van der Waals surface area contributed by atoms with Gasteiger partial charge in [0, 0.05) is 15.9 Å². The summed E-state index contributed by atoms with van der Waals surface area (Å²) in [5.74, 6) is -0.715. The molecule has 1 amide bonds. The van der Waals surface area contributed by atoms with Crippen molar-refractivity contribution in [3.63, 3.8) is 0 Å². The number of H-pyrrole nitrogens is 1. The first-order valence-corrected chi connectivity index (χ1v) is 9.37. The number of piperazine rings is 1. The van der Waals surface area contributed by atoms with E-state index >= 15 is 0 Å². The van der Waals surface area contributed by atoms with Crippen LogP contribution < -0.4 is 15.1 Å². The number of hydrogen-bond acceptors (Lipinski definition) is 4. The molecule has 9 heteroatoms. The van der Waals surface area contributed by atoms with E-state index in [0.717, 1.165) is 32.7 Å². The predicted octanol–water partition coefficient (Wildman–Crippen LogP) is -1.68. The largest absolute Gasteiger partial charge is 0.464 e. The maximum absolute atomic E-state index is 12.6. The second-order valence-corrected chi connectivity index (χ2v) is 7.19. The van der Waals surface area contributed by atoms with Crippen LogP contribution >= 0.6 is 11.6 Å². The molecule has 1 fully saturated rings. The molecule has 0 atom stereocenters. The summed E-state index contributed by atoms with van der Waals surface area (Å²) < 4.78 is 4.82. The number of carbonyl (C=O) groups excluding carboxylic acids is 2. The summed E-state index contributed by atoms with van der Waals surface area (Å²) in [5, 5.41) is 13.1. The third-order valence-electron chi connectivity index (χ3n) is 4.95. The summed E-state index contributed by atoms with van der Waals surface area (Å²) in [7, 11) is 1.30. The van der Waals surface area contributed by atoms with E-state index in [0.29, 0.717) is 28.2 Å². The molecule has 5 N–H and O–H groups in total. The Morgan fingerprint density at radius 3 is 2.63 bits per heavy atom. The van der Waals surface area contributed by atoms with Gasteiger partial charge in [-0.25, -0.2) is 4.79 Å². The lowest BCUT2D eigenvalue weighted by Crippen LogP contribution is -3.28. The van der Waals surface area contributed by atoms with Gasteiger partial charge in [0.15, 0.2) is 6.54 Å². The monoisotopic (exact) mass is 396 g/mol. The third kappa shape index (κ3) is 4.59. The quantitative estimate of drug-likeness (QED) is 0.377. The summed E-state index contributed by atoms with van der Waals surface area (Å²) >= 11 is 6.08. The lowest BCUT2D eigenvalue weighted by Gasteiger charge is -2.28. The number of fused-ring (bicyclic) bond motifs is 1. The molecule has 27 heavy (non-hydrogen) atoms. The van der Waals surface area contributed by atoms with E-state index in [4.69, 9.17) is 21.4 Å². The molecule has 0 saturated carbocycles. The van der Waals surface area contributed by atoms with Crippen LogP contribution in [0.15, 0.2) is 18.2 Å². The van der Waals surface area contributed by atoms with Gasteiger partial charge in [-0.2, -0.15) is 0 Å². The number of aliphatic hydroxyl groups excluding tert-OH is 1. The lowest BCUT2D eigenvalue weighted by atomic mass is 10.2. The zero-order valence-electron chi connectivity index (χ0n) is 15.2. The van der Waals surface area contributed by atoms with E-state index in [9.17, 15) is 9.59 Å². The van der Waals surface area contributed by atoms with Crippen molar-refractivity contribution in [3.05, 3.63) is 28.9 Å². The van der Waals surface area contributed by atoms with E-state index in [1.807, 2.05) is 0 Å². The second kappa shape index (κ2) is 8.71.